The summed E-state index contributed by atoms with van der Waals surface area (Å²) >= 11 is 0. The average molecular weight is 232 g/mol. The highest BCUT2D eigenvalue weighted by Gasteiger charge is 2.02. The first kappa shape index (κ1) is 11.7. The van der Waals surface area contributed by atoms with Crippen molar-refractivity contribution < 1.29 is 9.26 Å². The van der Waals surface area contributed by atoms with Gasteiger partial charge in [0.2, 0.25) is 0 Å². The van der Waals surface area contributed by atoms with E-state index < -0.39 is 0 Å². The molecular formula is C13H16N2O2. The molecule has 0 bridgehead atoms. The molecule has 90 valence electrons. The van der Waals surface area contributed by atoms with Gasteiger partial charge in [-0.15, -0.1) is 0 Å². The Balaban J connectivity index is 1.96. The fraction of sp³-hybridized carbons (Fsp3) is 0.308. The number of aryl methyl sites for hydroxylation is 1. The molecule has 1 aromatic heterocycles. The predicted octanol–water partition coefficient (Wildman–Crippen LogP) is 2.28. The quantitative estimate of drug-likeness (QED) is 0.859. The lowest BCUT2D eigenvalue weighted by molar-refractivity contribution is 0.248. The molecule has 0 amide bonds. The molecular weight excluding hydrogens is 216 g/mol. The van der Waals surface area contributed by atoms with E-state index in [0.29, 0.717) is 6.61 Å². The van der Waals surface area contributed by atoms with Crippen molar-refractivity contribution in [1.29, 1.82) is 0 Å². The molecule has 17 heavy (non-hydrogen) atoms. The first-order valence-corrected chi connectivity index (χ1v) is 5.56. The highest BCUT2D eigenvalue weighted by molar-refractivity contribution is 5.28. The molecule has 0 saturated carbocycles. The van der Waals surface area contributed by atoms with Gasteiger partial charge in [0, 0.05) is 12.6 Å². The van der Waals surface area contributed by atoms with Gasteiger partial charge >= 0.3 is 0 Å². The molecule has 1 aromatic carbocycles. The Morgan fingerprint density at radius 3 is 2.94 bits per heavy atom. The van der Waals surface area contributed by atoms with Crippen molar-refractivity contribution in [3.63, 3.8) is 0 Å². The van der Waals surface area contributed by atoms with E-state index in [1.807, 2.05) is 38.2 Å². The molecule has 0 aliphatic carbocycles. The van der Waals surface area contributed by atoms with Crippen LogP contribution < -0.4 is 10.1 Å². The van der Waals surface area contributed by atoms with Crippen molar-refractivity contribution in [2.75, 3.05) is 7.05 Å². The van der Waals surface area contributed by atoms with Gasteiger partial charge in [0.15, 0.2) is 5.76 Å². The predicted molar refractivity (Wildman–Crippen MR) is 64.8 cm³/mol. The van der Waals surface area contributed by atoms with Crippen molar-refractivity contribution in [3.05, 3.63) is 47.3 Å². The minimum atomic E-state index is 0.407. The average Bonchev–Trinajstić information content (AvgIpc) is 2.74. The van der Waals surface area contributed by atoms with Gasteiger partial charge in [-0.1, -0.05) is 17.3 Å². The van der Waals surface area contributed by atoms with Crippen molar-refractivity contribution >= 4 is 0 Å². The third kappa shape index (κ3) is 3.32. The normalized spacial score (nSPS) is 10.5. The lowest BCUT2D eigenvalue weighted by Gasteiger charge is -2.06. The van der Waals surface area contributed by atoms with E-state index in [4.69, 9.17) is 9.26 Å². The Kier molecular flexibility index (Phi) is 3.77. The maximum Gasteiger partial charge on any atom is 0.174 e. The standard InChI is InChI=1S/C13H16N2O2/c1-10-6-13(17-15-10)9-16-12-5-3-4-11(7-12)8-14-2/h3-7,14H,8-9H2,1-2H3. The molecule has 1 N–H and O–H groups in total. The topological polar surface area (TPSA) is 47.3 Å². The Labute approximate surface area is 101 Å². The maximum atomic E-state index is 5.63. The molecule has 0 aliphatic heterocycles. The van der Waals surface area contributed by atoms with Crippen LogP contribution in [0.1, 0.15) is 17.0 Å². The molecule has 0 fully saturated rings. The van der Waals surface area contributed by atoms with Crippen molar-refractivity contribution in [2.24, 2.45) is 0 Å². The lowest BCUT2D eigenvalue weighted by Crippen LogP contribution is -2.05. The number of aromatic nitrogens is 1. The third-order valence-corrected chi connectivity index (χ3v) is 2.34. The van der Waals surface area contributed by atoms with Crippen LogP contribution in [-0.4, -0.2) is 12.2 Å². The summed E-state index contributed by atoms with van der Waals surface area (Å²) in [5.41, 5.74) is 2.06. The van der Waals surface area contributed by atoms with Crippen LogP contribution in [0.25, 0.3) is 0 Å². The zero-order valence-electron chi connectivity index (χ0n) is 10.1. The second kappa shape index (κ2) is 5.50. The Morgan fingerprint density at radius 2 is 2.24 bits per heavy atom. The molecule has 0 saturated heterocycles. The van der Waals surface area contributed by atoms with Crippen molar-refractivity contribution in [2.45, 2.75) is 20.1 Å². The Bertz CT molecular complexity index is 480. The highest BCUT2D eigenvalue weighted by Crippen LogP contribution is 2.15. The van der Waals surface area contributed by atoms with Gasteiger partial charge in [-0.3, -0.25) is 0 Å². The molecule has 0 radical (unpaired) electrons. The monoisotopic (exact) mass is 232 g/mol. The molecule has 0 unspecified atom stereocenters. The van der Waals surface area contributed by atoms with Gasteiger partial charge < -0.3 is 14.6 Å². The number of hydrogen-bond acceptors (Lipinski definition) is 4. The largest absolute Gasteiger partial charge is 0.486 e. The van der Waals surface area contributed by atoms with E-state index in [2.05, 4.69) is 16.5 Å². The second-order valence-corrected chi connectivity index (χ2v) is 3.90. The number of ether oxygens (including phenoxy) is 1. The molecule has 4 heteroatoms. The highest BCUT2D eigenvalue weighted by atomic mass is 16.5. The van der Waals surface area contributed by atoms with Gasteiger partial charge in [-0.05, 0) is 31.7 Å². The molecule has 4 nitrogen and oxygen atoms in total. The Hall–Kier alpha value is -1.81. The summed E-state index contributed by atoms with van der Waals surface area (Å²) in [6, 6.07) is 9.86. The molecule has 2 aromatic rings. The van der Waals surface area contributed by atoms with Gasteiger partial charge in [0.25, 0.3) is 0 Å². The number of rotatable bonds is 5. The summed E-state index contributed by atoms with van der Waals surface area (Å²) in [5.74, 6) is 1.58. The first-order valence-electron chi connectivity index (χ1n) is 5.56. The molecule has 1 heterocycles. The number of benzene rings is 1. The van der Waals surface area contributed by atoms with Crippen LogP contribution in [0, 0.1) is 6.92 Å². The van der Waals surface area contributed by atoms with E-state index in [9.17, 15) is 0 Å². The molecule has 0 atom stereocenters. The van der Waals surface area contributed by atoms with E-state index >= 15 is 0 Å². The van der Waals surface area contributed by atoms with E-state index in [1.165, 1.54) is 5.56 Å². The first-order chi connectivity index (χ1) is 8.28. The smallest absolute Gasteiger partial charge is 0.174 e. The summed E-state index contributed by atoms with van der Waals surface area (Å²) in [7, 11) is 1.92. The van der Waals surface area contributed by atoms with Crippen LogP contribution in [0.4, 0.5) is 0 Å². The summed E-state index contributed by atoms with van der Waals surface area (Å²) in [4.78, 5) is 0. The summed E-state index contributed by atoms with van der Waals surface area (Å²) in [6.07, 6.45) is 0. The SMILES string of the molecule is CNCc1cccc(OCc2cc(C)no2)c1. The van der Waals surface area contributed by atoms with E-state index in [0.717, 1.165) is 23.7 Å². The van der Waals surface area contributed by atoms with Crippen LogP contribution in [-0.2, 0) is 13.2 Å². The minimum absolute atomic E-state index is 0.407. The molecule has 0 aliphatic rings. The van der Waals surface area contributed by atoms with Gasteiger partial charge in [0.1, 0.15) is 12.4 Å². The minimum Gasteiger partial charge on any atom is -0.486 e. The molecule has 0 spiro atoms. The zero-order chi connectivity index (χ0) is 12.1. The van der Waals surface area contributed by atoms with Crippen LogP contribution >= 0.6 is 0 Å². The van der Waals surface area contributed by atoms with Gasteiger partial charge in [0.05, 0.1) is 5.69 Å². The lowest BCUT2D eigenvalue weighted by atomic mass is 10.2. The number of hydrogen-bond donors (Lipinski definition) is 1. The van der Waals surface area contributed by atoms with E-state index in [-0.39, 0.29) is 0 Å². The summed E-state index contributed by atoms with van der Waals surface area (Å²) in [6.45, 7) is 3.13. The van der Waals surface area contributed by atoms with Gasteiger partial charge in [-0.25, -0.2) is 0 Å². The van der Waals surface area contributed by atoms with Crippen molar-refractivity contribution in [1.82, 2.24) is 10.5 Å². The van der Waals surface area contributed by atoms with Crippen molar-refractivity contribution in [3.8, 4) is 5.75 Å². The summed E-state index contributed by atoms with van der Waals surface area (Å²) in [5, 5.41) is 6.92. The molecule has 2 rings (SSSR count). The Morgan fingerprint density at radius 1 is 1.35 bits per heavy atom. The summed E-state index contributed by atoms with van der Waals surface area (Å²) < 4.78 is 10.7. The third-order valence-electron chi connectivity index (χ3n) is 2.34. The fourth-order valence-corrected chi connectivity index (χ4v) is 1.59. The zero-order valence-corrected chi connectivity index (χ0v) is 10.1. The van der Waals surface area contributed by atoms with E-state index in [1.54, 1.807) is 0 Å². The second-order valence-electron chi connectivity index (χ2n) is 3.90. The number of nitrogens with one attached hydrogen (secondary N) is 1. The fourth-order valence-electron chi connectivity index (χ4n) is 1.59. The van der Waals surface area contributed by atoms with Crippen LogP contribution in [0.15, 0.2) is 34.9 Å². The van der Waals surface area contributed by atoms with Crippen LogP contribution in [0.2, 0.25) is 0 Å². The van der Waals surface area contributed by atoms with Crippen LogP contribution in [0.3, 0.4) is 0 Å². The maximum absolute atomic E-state index is 5.63. The van der Waals surface area contributed by atoms with Crippen LogP contribution in [0.5, 0.6) is 5.75 Å². The number of nitrogens with zero attached hydrogens (tertiary/aromatic N) is 1. The van der Waals surface area contributed by atoms with Gasteiger partial charge in [-0.2, -0.15) is 0 Å².